The Morgan fingerprint density at radius 1 is 1.23 bits per heavy atom. The third-order valence-electron chi connectivity index (χ3n) is 5.29. The predicted octanol–water partition coefficient (Wildman–Crippen LogP) is 4.75. The molecule has 1 N–H and O–H groups in total. The van der Waals surface area contributed by atoms with Crippen molar-refractivity contribution in [2.24, 2.45) is 0 Å². The van der Waals surface area contributed by atoms with Gasteiger partial charge in [0.05, 0.1) is 11.3 Å². The fraction of sp³-hybridized carbons (Fsp3) is 0.304. The molecule has 1 aliphatic heterocycles. The number of benzene rings is 1. The Labute approximate surface area is 185 Å². The summed E-state index contributed by atoms with van der Waals surface area (Å²) in [5.41, 5.74) is 3.81. The van der Waals surface area contributed by atoms with Crippen molar-refractivity contribution in [2.75, 3.05) is 16.8 Å². The maximum atomic E-state index is 13.0. The molecule has 4 rings (SSSR count). The standard InChI is InChI=1S/C23H24N4O3S/c1-15-20(16(2)30-26-15)14-31-23-19(9-6-11-24-23)22(29)25-17-7-5-8-18(13-17)27-12-4-3-10-21(27)28/h5-9,11,13H,3-4,10,12,14H2,1-2H3,(H,25,29). The van der Waals surface area contributed by atoms with Crippen LogP contribution < -0.4 is 10.2 Å². The first-order valence-electron chi connectivity index (χ1n) is 10.2. The number of rotatable bonds is 6. The van der Waals surface area contributed by atoms with Gasteiger partial charge in [-0.2, -0.15) is 0 Å². The molecule has 7 nitrogen and oxygen atoms in total. The van der Waals surface area contributed by atoms with Gasteiger partial charge in [-0.05, 0) is 57.0 Å². The van der Waals surface area contributed by atoms with Crippen molar-refractivity contribution in [3.8, 4) is 0 Å². The third kappa shape index (κ3) is 4.80. The summed E-state index contributed by atoms with van der Waals surface area (Å²) in [7, 11) is 0. The van der Waals surface area contributed by atoms with Crippen LogP contribution in [0.2, 0.25) is 0 Å². The van der Waals surface area contributed by atoms with Crippen LogP contribution in [0.4, 0.5) is 11.4 Å². The molecule has 1 fully saturated rings. The number of nitrogens with zero attached hydrogens (tertiary/aromatic N) is 3. The number of anilines is 2. The number of thioether (sulfide) groups is 1. The summed E-state index contributed by atoms with van der Waals surface area (Å²) in [5, 5.41) is 7.57. The lowest BCUT2D eigenvalue weighted by Gasteiger charge is -2.27. The molecule has 2 aromatic heterocycles. The molecular formula is C23H24N4O3S. The highest BCUT2D eigenvalue weighted by Gasteiger charge is 2.20. The topological polar surface area (TPSA) is 88.3 Å². The van der Waals surface area contributed by atoms with E-state index < -0.39 is 0 Å². The molecule has 1 aliphatic rings. The first-order valence-corrected chi connectivity index (χ1v) is 11.2. The molecule has 0 bridgehead atoms. The van der Waals surface area contributed by atoms with E-state index >= 15 is 0 Å². The number of carbonyl (C=O) groups is 2. The van der Waals surface area contributed by atoms with Gasteiger partial charge in [-0.15, -0.1) is 11.8 Å². The number of hydrogen-bond donors (Lipinski definition) is 1. The smallest absolute Gasteiger partial charge is 0.258 e. The van der Waals surface area contributed by atoms with Crippen LogP contribution in [-0.4, -0.2) is 28.5 Å². The number of pyridine rings is 1. The molecule has 160 valence electrons. The van der Waals surface area contributed by atoms with E-state index in [1.54, 1.807) is 23.2 Å². The fourth-order valence-corrected chi connectivity index (χ4v) is 4.70. The summed E-state index contributed by atoms with van der Waals surface area (Å²) in [6, 6.07) is 10.9. The van der Waals surface area contributed by atoms with Crippen molar-refractivity contribution in [1.29, 1.82) is 0 Å². The normalized spacial score (nSPS) is 14.0. The van der Waals surface area contributed by atoms with Gasteiger partial charge in [0.2, 0.25) is 5.91 Å². The monoisotopic (exact) mass is 436 g/mol. The molecule has 1 saturated heterocycles. The lowest BCUT2D eigenvalue weighted by Crippen LogP contribution is -2.35. The van der Waals surface area contributed by atoms with E-state index in [0.29, 0.717) is 35.0 Å². The van der Waals surface area contributed by atoms with E-state index in [0.717, 1.165) is 35.5 Å². The van der Waals surface area contributed by atoms with Crippen molar-refractivity contribution in [1.82, 2.24) is 10.1 Å². The number of aryl methyl sites for hydroxylation is 2. The largest absolute Gasteiger partial charge is 0.361 e. The van der Waals surface area contributed by atoms with Gasteiger partial charge in [0.15, 0.2) is 0 Å². The van der Waals surface area contributed by atoms with Gasteiger partial charge in [-0.3, -0.25) is 9.59 Å². The van der Waals surface area contributed by atoms with Crippen molar-refractivity contribution >= 4 is 35.0 Å². The molecule has 0 atom stereocenters. The van der Waals surface area contributed by atoms with Crippen molar-refractivity contribution < 1.29 is 14.1 Å². The Hall–Kier alpha value is -3.13. The molecule has 8 heteroatoms. The van der Waals surface area contributed by atoms with E-state index in [1.807, 2.05) is 38.1 Å². The van der Waals surface area contributed by atoms with Crippen LogP contribution in [0, 0.1) is 13.8 Å². The zero-order chi connectivity index (χ0) is 21.8. The van der Waals surface area contributed by atoms with Gasteiger partial charge < -0.3 is 14.7 Å². The Balaban J connectivity index is 1.49. The van der Waals surface area contributed by atoms with Gasteiger partial charge in [-0.1, -0.05) is 11.2 Å². The SMILES string of the molecule is Cc1noc(C)c1CSc1ncccc1C(=O)Nc1cccc(N2CCCCC2=O)c1. The minimum Gasteiger partial charge on any atom is -0.361 e. The maximum absolute atomic E-state index is 13.0. The van der Waals surface area contributed by atoms with E-state index in [1.165, 1.54) is 11.8 Å². The molecule has 3 heterocycles. The Morgan fingerprint density at radius 2 is 2.10 bits per heavy atom. The van der Waals surface area contributed by atoms with Crippen molar-refractivity contribution in [3.05, 3.63) is 65.2 Å². The van der Waals surface area contributed by atoms with Gasteiger partial charge in [0, 0.05) is 41.9 Å². The van der Waals surface area contributed by atoms with E-state index in [2.05, 4.69) is 15.5 Å². The average Bonchev–Trinajstić information content (AvgIpc) is 3.10. The summed E-state index contributed by atoms with van der Waals surface area (Å²) in [6.07, 6.45) is 4.16. The minimum atomic E-state index is -0.239. The lowest BCUT2D eigenvalue weighted by molar-refractivity contribution is -0.119. The van der Waals surface area contributed by atoms with Gasteiger partial charge >= 0.3 is 0 Å². The molecule has 0 saturated carbocycles. The van der Waals surface area contributed by atoms with Crippen LogP contribution in [-0.2, 0) is 10.5 Å². The van der Waals surface area contributed by atoms with Gasteiger partial charge in [0.25, 0.3) is 5.91 Å². The minimum absolute atomic E-state index is 0.125. The zero-order valence-electron chi connectivity index (χ0n) is 17.6. The lowest BCUT2D eigenvalue weighted by atomic mass is 10.1. The highest BCUT2D eigenvalue weighted by molar-refractivity contribution is 7.98. The molecule has 2 amide bonds. The quantitative estimate of drug-likeness (QED) is 0.561. The van der Waals surface area contributed by atoms with Gasteiger partial charge in [0.1, 0.15) is 10.8 Å². The number of piperidine rings is 1. The number of nitrogens with one attached hydrogen (secondary N) is 1. The van der Waals surface area contributed by atoms with Crippen LogP contribution in [0.5, 0.6) is 0 Å². The zero-order valence-corrected chi connectivity index (χ0v) is 18.4. The van der Waals surface area contributed by atoms with Crippen LogP contribution >= 0.6 is 11.8 Å². The first kappa shape index (κ1) is 21.1. The van der Waals surface area contributed by atoms with Crippen LogP contribution in [0.3, 0.4) is 0 Å². The fourth-order valence-electron chi connectivity index (χ4n) is 3.56. The second-order valence-corrected chi connectivity index (χ2v) is 8.42. The molecule has 0 unspecified atom stereocenters. The molecule has 0 spiro atoms. The second-order valence-electron chi connectivity index (χ2n) is 7.45. The summed E-state index contributed by atoms with van der Waals surface area (Å²) in [5.74, 6) is 1.28. The predicted molar refractivity (Wildman–Crippen MR) is 120 cm³/mol. The number of amides is 2. The highest BCUT2D eigenvalue weighted by atomic mass is 32.2. The molecule has 31 heavy (non-hydrogen) atoms. The van der Waals surface area contributed by atoms with E-state index in [-0.39, 0.29) is 11.8 Å². The number of hydrogen-bond acceptors (Lipinski definition) is 6. The molecular weight excluding hydrogens is 412 g/mol. The van der Waals surface area contributed by atoms with Crippen LogP contribution in [0.1, 0.15) is 46.6 Å². The Bertz CT molecular complexity index is 1090. The van der Waals surface area contributed by atoms with Crippen molar-refractivity contribution in [2.45, 2.75) is 43.9 Å². The average molecular weight is 437 g/mol. The summed E-state index contributed by atoms with van der Waals surface area (Å²) in [6.45, 7) is 4.49. The molecule has 0 radical (unpaired) electrons. The van der Waals surface area contributed by atoms with Crippen LogP contribution in [0.25, 0.3) is 0 Å². The molecule has 3 aromatic rings. The van der Waals surface area contributed by atoms with Crippen LogP contribution in [0.15, 0.2) is 52.1 Å². The second kappa shape index (κ2) is 9.34. The first-order chi connectivity index (χ1) is 15.0. The van der Waals surface area contributed by atoms with Crippen molar-refractivity contribution in [3.63, 3.8) is 0 Å². The van der Waals surface area contributed by atoms with Gasteiger partial charge in [-0.25, -0.2) is 4.98 Å². The highest BCUT2D eigenvalue weighted by Crippen LogP contribution is 2.28. The molecule has 1 aromatic carbocycles. The summed E-state index contributed by atoms with van der Waals surface area (Å²) < 4.78 is 5.22. The third-order valence-corrected chi connectivity index (χ3v) is 6.32. The maximum Gasteiger partial charge on any atom is 0.258 e. The Morgan fingerprint density at radius 3 is 2.87 bits per heavy atom. The number of aromatic nitrogens is 2. The summed E-state index contributed by atoms with van der Waals surface area (Å²) in [4.78, 5) is 31.4. The molecule has 0 aliphatic carbocycles. The van der Waals surface area contributed by atoms with E-state index in [4.69, 9.17) is 4.52 Å². The Kier molecular flexibility index (Phi) is 6.36. The van der Waals surface area contributed by atoms with E-state index in [9.17, 15) is 9.59 Å². The number of carbonyl (C=O) groups excluding carboxylic acids is 2. The summed E-state index contributed by atoms with van der Waals surface area (Å²) >= 11 is 1.47.